The van der Waals surface area contributed by atoms with E-state index in [1.54, 1.807) is 0 Å². The van der Waals surface area contributed by atoms with Gasteiger partial charge in [-0.05, 0) is 18.2 Å². The number of benzene rings is 1. The predicted molar refractivity (Wildman–Crippen MR) is 148 cm³/mol. The summed E-state index contributed by atoms with van der Waals surface area (Å²) in [6.45, 7) is 5.54. The van der Waals surface area contributed by atoms with Crippen molar-refractivity contribution in [3.8, 4) is 0 Å². The highest BCUT2D eigenvalue weighted by Gasteiger charge is 2.69. The number of hydrogen-bond donors (Lipinski definition) is 1. The van der Waals surface area contributed by atoms with Crippen LogP contribution < -0.4 is 5.32 Å². The van der Waals surface area contributed by atoms with Crippen LogP contribution in [0.25, 0.3) is 11.2 Å². The smallest absolute Gasteiger partial charge is 0.379 e. The summed E-state index contributed by atoms with van der Waals surface area (Å²) in [5, 5.41) is 11.2. The van der Waals surface area contributed by atoms with Gasteiger partial charge in [-0.15, -0.1) is 10.2 Å². The third kappa shape index (κ3) is 4.85. The zero-order valence-electron chi connectivity index (χ0n) is 23.2. The van der Waals surface area contributed by atoms with Crippen LogP contribution in [0, 0.1) is 5.82 Å². The van der Waals surface area contributed by atoms with Gasteiger partial charge in [0.25, 0.3) is 0 Å². The number of nitrogens with one attached hydrogen (secondary N) is 1. The number of halogens is 2. The predicted octanol–water partition coefficient (Wildman–Crippen LogP) is 2.80. The fraction of sp³-hybridized carbons (Fsp3) is 0.458. The molecule has 0 spiro atoms. The van der Waals surface area contributed by atoms with Gasteiger partial charge in [0.1, 0.15) is 24.4 Å². The number of hydrogen-bond acceptors (Lipinski definition) is 14. The van der Waals surface area contributed by atoms with Crippen molar-refractivity contribution in [2.24, 2.45) is 0 Å². The molecule has 15 nitrogen and oxygen atoms in total. The van der Waals surface area contributed by atoms with Gasteiger partial charge in [-0.3, -0.25) is 4.57 Å². The summed E-state index contributed by atoms with van der Waals surface area (Å²) in [5.74, 6) is -0.322. The topological polar surface area (TPSA) is 191 Å². The van der Waals surface area contributed by atoms with E-state index in [4.69, 9.17) is 30.2 Å². The van der Waals surface area contributed by atoms with E-state index < -0.39 is 59.9 Å². The molecule has 0 aliphatic carbocycles. The first-order valence-electron chi connectivity index (χ1n) is 12.6. The van der Waals surface area contributed by atoms with Crippen molar-refractivity contribution < 1.29 is 39.9 Å². The molecule has 1 aromatic carbocycles. The number of fused-ring (bicyclic) bond motifs is 2. The Bertz CT molecular complexity index is 1930. The summed E-state index contributed by atoms with van der Waals surface area (Å²) < 4.78 is 88.0. The largest absolute Gasteiger partial charge is 0.422 e. The normalized spacial score (nSPS) is 24.0. The number of sulfone groups is 2. The maximum Gasteiger partial charge on any atom is 0.379 e. The summed E-state index contributed by atoms with van der Waals surface area (Å²) in [4.78, 5) is 12.8. The molecule has 2 fully saturated rings. The van der Waals surface area contributed by atoms with Gasteiger partial charge in [0.05, 0.1) is 12.0 Å². The Morgan fingerprint density at radius 3 is 2.35 bits per heavy atom. The lowest BCUT2D eigenvalue weighted by Crippen LogP contribution is -2.48. The van der Waals surface area contributed by atoms with Gasteiger partial charge < -0.3 is 23.9 Å². The van der Waals surface area contributed by atoms with Crippen LogP contribution >= 0.6 is 11.6 Å². The highest BCUT2D eigenvalue weighted by molar-refractivity contribution is 8.09. The van der Waals surface area contributed by atoms with E-state index >= 15 is 0 Å². The number of anilines is 2. The van der Waals surface area contributed by atoms with Crippen molar-refractivity contribution in [1.82, 2.24) is 29.7 Å². The second kappa shape index (κ2) is 9.86. The molecule has 1 N–H and O–H groups in total. The molecule has 2 aliphatic rings. The molecule has 6 rings (SSSR count). The van der Waals surface area contributed by atoms with E-state index in [0.717, 1.165) is 6.07 Å². The van der Waals surface area contributed by atoms with E-state index in [1.807, 2.05) is 20.8 Å². The molecular formula is C24H25ClFN7O8S2. The summed E-state index contributed by atoms with van der Waals surface area (Å²) in [6.07, 6.45) is -1.27. The summed E-state index contributed by atoms with van der Waals surface area (Å²) in [7, 11) is -9.06. The van der Waals surface area contributed by atoms with Crippen molar-refractivity contribution in [3.05, 3.63) is 53.5 Å². The zero-order valence-corrected chi connectivity index (χ0v) is 25.6. The molecule has 3 aromatic heterocycles. The van der Waals surface area contributed by atoms with E-state index in [-0.39, 0.29) is 39.5 Å². The molecule has 43 heavy (non-hydrogen) atoms. The second-order valence-corrected chi connectivity index (χ2v) is 16.0. The Hall–Kier alpha value is -3.29. The lowest BCUT2D eigenvalue weighted by molar-refractivity contribution is -0.136. The van der Waals surface area contributed by atoms with Crippen LogP contribution in [0.2, 0.25) is 5.02 Å². The molecule has 0 saturated carbocycles. The van der Waals surface area contributed by atoms with E-state index in [2.05, 4.69) is 30.5 Å². The lowest BCUT2D eigenvalue weighted by Gasteiger charge is -2.27. The molecule has 19 heteroatoms. The maximum atomic E-state index is 14.5. The van der Waals surface area contributed by atoms with Crippen molar-refractivity contribution in [3.63, 3.8) is 0 Å². The fourth-order valence-corrected chi connectivity index (χ4v) is 8.30. The molecule has 0 amide bonds. The van der Waals surface area contributed by atoms with Gasteiger partial charge in [0.2, 0.25) is 31.5 Å². The molecule has 0 radical (unpaired) electrons. The quantitative estimate of drug-likeness (QED) is 0.318. The molecule has 0 unspecified atom stereocenters. The average molecular weight is 658 g/mol. The highest BCUT2D eigenvalue weighted by Crippen LogP contribution is 2.52. The molecule has 230 valence electrons. The van der Waals surface area contributed by atoms with Crippen LogP contribution in [0.4, 0.5) is 15.9 Å². The van der Waals surface area contributed by atoms with Crippen molar-refractivity contribution in [1.29, 1.82) is 0 Å². The van der Waals surface area contributed by atoms with Gasteiger partial charge in [-0.25, -0.2) is 36.2 Å². The van der Waals surface area contributed by atoms with Gasteiger partial charge in [-0.2, -0.15) is 0 Å². The number of imidazole rings is 1. The van der Waals surface area contributed by atoms with E-state index in [0.29, 0.717) is 12.5 Å². The van der Waals surface area contributed by atoms with Gasteiger partial charge >= 0.3 is 4.45 Å². The summed E-state index contributed by atoms with van der Waals surface area (Å²) >= 11 is 5.86. The number of ether oxygens (including phenoxy) is 3. The van der Waals surface area contributed by atoms with E-state index in [9.17, 15) is 21.2 Å². The Morgan fingerprint density at radius 2 is 1.72 bits per heavy atom. The van der Waals surface area contributed by atoms with Crippen LogP contribution in [0.5, 0.6) is 0 Å². The molecule has 0 bridgehead atoms. The Morgan fingerprint density at radius 1 is 1.02 bits per heavy atom. The highest BCUT2D eigenvalue weighted by atomic mass is 35.5. The van der Waals surface area contributed by atoms with Crippen LogP contribution in [0.15, 0.2) is 35.3 Å². The monoisotopic (exact) mass is 657 g/mol. The minimum absolute atomic E-state index is 0.0702. The third-order valence-corrected chi connectivity index (χ3v) is 11.1. The van der Waals surface area contributed by atoms with Crippen LogP contribution in [0.3, 0.4) is 0 Å². The molecule has 5 heterocycles. The first-order valence-corrected chi connectivity index (χ1v) is 16.8. The van der Waals surface area contributed by atoms with Crippen molar-refractivity contribution in [2.75, 3.05) is 17.8 Å². The van der Waals surface area contributed by atoms with Gasteiger partial charge in [0.15, 0.2) is 29.3 Å². The number of rotatable bonds is 6. The van der Waals surface area contributed by atoms with Crippen molar-refractivity contribution >= 4 is 53.9 Å². The minimum atomic E-state index is -4.53. The Kier molecular flexibility index (Phi) is 6.83. The van der Waals surface area contributed by atoms with Crippen molar-refractivity contribution in [2.45, 2.75) is 55.2 Å². The number of aromatic nitrogens is 6. The first-order chi connectivity index (χ1) is 20.0. The average Bonchev–Trinajstić information content (AvgIpc) is 3.66. The summed E-state index contributed by atoms with van der Waals surface area (Å²) in [5.41, 5.74) is -0.119. The first kappa shape index (κ1) is 29.8. The summed E-state index contributed by atoms with van der Waals surface area (Å²) in [6, 6.07) is 4.05. The lowest BCUT2D eigenvalue weighted by atomic mass is 9.97. The van der Waals surface area contributed by atoms with E-state index in [1.165, 1.54) is 29.4 Å². The molecular weight excluding hydrogens is 633 g/mol. The Balaban J connectivity index is 1.45. The zero-order chi connectivity index (χ0) is 31.1. The minimum Gasteiger partial charge on any atom is -0.422 e. The number of nitrogens with zero attached hydrogens (tertiary/aromatic N) is 6. The fourth-order valence-electron chi connectivity index (χ4n) is 4.80. The van der Waals surface area contributed by atoms with Crippen LogP contribution in [-0.4, -0.2) is 75.7 Å². The molecule has 2 aliphatic heterocycles. The Labute approximate surface area is 249 Å². The van der Waals surface area contributed by atoms with Gasteiger partial charge in [0, 0.05) is 22.9 Å². The second-order valence-electron chi connectivity index (χ2n) is 11.1. The molecule has 4 atom stereocenters. The van der Waals surface area contributed by atoms with Gasteiger partial charge in [-0.1, -0.05) is 32.4 Å². The third-order valence-electron chi connectivity index (χ3n) is 6.80. The van der Waals surface area contributed by atoms with Crippen LogP contribution in [0.1, 0.15) is 44.9 Å². The maximum absolute atomic E-state index is 14.5. The molecule has 4 aromatic rings. The standard InChI is InChI=1S/C24H25ClFN7O8S2/c1-23(2,3)22-32-31-20(39-22)16-15-17(41-24(40-15,42(4,34)35)43(5,36)37)21(38-16)33-10-29-14-18(27-9-28-19(14)33)30-13-7-6-11(25)8-12(13)26/h6-10,15-17,21H,1-5H3,(H,27,28,30)/t15-,16-,17+,21+/m0/s1. The molecule has 2 saturated heterocycles. The van der Waals surface area contributed by atoms with Crippen LogP contribution in [-0.2, 0) is 39.3 Å². The SMILES string of the molecule is CC(C)(C)c1nnc([C@H]2O[C@@H](n3cnc4c(Nc5ccc(Cl)cc5F)ncnc43)[C@@H]3OC(S(C)(=O)=O)(S(C)(=O)=O)O[C@H]32)o1.